The van der Waals surface area contributed by atoms with Crippen LogP contribution in [0.4, 0.5) is 18.9 Å². The molecule has 1 amide bonds. The van der Waals surface area contributed by atoms with Crippen LogP contribution in [-0.2, 0) is 17.4 Å². The highest BCUT2D eigenvalue weighted by Crippen LogP contribution is 2.34. The molecule has 3 rings (SSSR count). The number of alkyl halides is 3. The Kier molecular flexibility index (Phi) is 4.90. The normalized spacial score (nSPS) is 11.7. The van der Waals surface area contributed by atoms with E-state index in [2.05, 4.69) is 15.3 Å². The van der Waals surface area contributed by atoms with Crippen molar-refractivity contribution in [2.45, 2.75) is 26.4 Å². The number of amides is 1. The Bertz CT molecular complexity index is 947. The number of aromatic nitrogens is 2. The molecule has 0 aliphatic heterocycles. The van der Waals surface area contributed by atoms with Crippen molar-refractivity contribution in [3.63, 3.8) is 0 Å². The molecule has 2 heterocycles. The van der Waals surface area contributed by atoms with Crippen molar-refractivity contribution < 1.29 is 22.7 Å². The van der Waals surface area contributed by atoms with E-state index in [0.717, 1.165) is 10.9 Å². The van der Waals surface area contributed by atoms with Crippen LogP contribution in [0, 0.1) is 6.92 Å². The number of benzene rings is 1. The van der Waals surface area contributed by atoms with Gasteiger partial charge in [-0.3, -0.25) is 4.79 Å². The molecule has 5 nitrogen and oxygen atoms in total. The minimum atomic E-state index is -4.42. The Labute approximate surface area is 151 Å². The highest BCUT2D eigenvalue weighted by Gasteiger charge is 2.35. The van der Waals surface area contributed by atoms with E-state index in [4.69, 9.17) is 4.74 Å². The van der Waals surface area contributed by atoms with E-state index in [1.54, 1.807) is 25.3 Å². The molecule has 26 heavy (non-hydrogen) atoms. The lowest BCUT2D eigenvalue weighted by atomic mass is 10.2. The summed E-state index contributed by atoms with van der Waals surface area (Å²) < 4.78 is 43.8. The maximum absolute atomic E-state index is 12.7. The molecule has 0 atom stereocenters. The fourth-order valence-electron chi connectivity index (χ4n) is 2.53. The first kappa shape index (κ1) is 18.2. The topological polar surface area (TPSA) is 67.0 Å². The predicted molar refractivity (Wildman–Crippen MR) is 93.7 cm³/mol. The number of halogens is 3. The van der Waals surface area contributed by atoms with E-state index >= 15 is 0 Å². The monoisotopic (exact) mass is 383 g/mol. The van der Waals surface area contributed by atoms with Crippen molar-refractivity contribution in [1.82, 2.24) is 9.97 Å². The molecule has 2 aromatic heterocycles. The SMILES string of the molecule is CC(=O)Nc1c[nH]c2ccc(OCCc3sc(C(F)(F)F)nc3C)cc12. The van der Waals surface area contributed by atoms with Crippen LogP contribution in [0.3, 0.4) is 0 Å². The summed E-state index contributed by atoms with van der Waals surface area (Å²) in [5.74, 6) is 0.389. The molecule has 0 aliphatic carbocycles. The number of hydrogen-bond acceptors (Lipinski definition) is 4. The van der Waals surface area contributed by atoms with Gasteiger partial charge in [0, 0.05) is 35.3 Å². The van der Waals surface area contributed by atoms with Crippen LogP contribution < -0.4 is 10.1 Å². The average Bonchev–Trinajstić information content (AvgIpc) is 3.11. The summed E-state index contributed by atoms with van der Waals surface area (Å²) in [6.07, 6.45) is -2.40. The number of H-pyrrole nitrogens is 1. The maximum atomic E-state index is 12.7. The zero-order chi connectivity index (χ0) is 18.9. The number of nitrogens with zero attached hydrogens (tertiary/aromatic N) is 1. The van der Waals surface area contributed by atoms with Gasteiger partial charge in [0.1, 0.15) is 5.75 Å². The van der Waals surface area contributed by atoms with E-state index in [9.17, 15) is 18.0 Å². The van der Waals surface area contributed by atoms with Gasteiger partial charge in [-0.05, 0) is 25.1 Å². The summed E-state index contributed by atoms with van der Waals surface area (Å²) >= 11 is 0.646. The van der Waals surface area contributed by atoms with Gasteiger partial charge in [0.05, 0.1) is 18.0 Å². The molecule has 0 saturated heterocycles. The highest BCUT2D eigenvalue weighted by atomic mass is 32.1. The van der Waals surface area contributed by atoms with Crippen molar-refractivity contribution in [2.24, 2.45) is 0 Å². The van der Waals surface area contributed by atoms with Crippen molar-refractivity contribution in [3.05, 3.63) is 40.0 Å². The molecule has 138 valence electrons. The highest BCUT2D eigenvalue weighted by molar-refractivity contribution is 7.11. The summed E-state index contributed by atoms with van der Waals surface area (Å²) in [7, 11) is 0. The third-order valence-corrected chi connectivity index (χ3v) is 4.96. The number of ether oxygens (including phenoxy) is 1. The van der Waals surface area contributed by atoms with E-state index in [-0.39, 0.29) is 12.5 Å². The zero-order valence-electron chi connectivity index (χ0n) is 14.0. The molecule has 3 aromatic rings. The van der Waals surface area contributed by atoms with Gasteiger partial charge in [-0.25, -0.2) is 4.98 Å². The Hall–Kier alpha value is -2.55. The fourth-order valence-corrected chi connectivity index (χ4v) is 3.44. The van der Waals surface area contributed by atoms with Gasteiger partial charge >= 0.3 is 6.18 Å². The van der Waals surface area contributed by atoms with Crippen LogP contribution in [0.5, 0.6) is 5.75 Å². The largest absolute Gasteiger partial charge is 0.493 e. The molecule has 0 saturated carbocycles. The smallest absolute Gasteiger partial charge is 0.443 e. The first-order valence-electron chi connectivity index (χ1n) is 7.79. The van der Waals surface area contributed by atoms with Crippen molar-refractivity contribution in [3.8, 4) is 5.75 Å². The number of hydrogen-bond donors (Lipinski definition) is 2. The van der Waals surface area contributed by atoms with Gasteiger partial charge in [-0.15, -0.1) is 11.3 Å². The number of anilines is 1. The second-order valence-electron chi connectivity index (χ2n) is 5.71. The third kappa shape index (κ3) is 3.98. The minimum Gasteiger partial charge on any atom is -0.493 e. The minimum absolute atomic E-state index is 0.182. The number of rotatable bonds is 5. The summed E-state index contributed by atoms with van der Waals surface area (Å²) in [5.41, 5.74) is 1.86. The zero-order valence-corrected chi connectivity index (χ0v) is 14.8. The Balaban J connectivity index is 1.68. The molecule has 0 bridgehead atoms. The van der Waals surface area contributed by atoms with Crippen LogP contribution in [0.1, 0.15) is 22.5 Å². The van der Waals surface area contributed by atoms with Gasteiger partial charge in [0.25, 0.3) is 0 Å². The van der Waals surface area contributed by atoms with Gasteiger partial charge in [0.2, 0.25) is 5.91 Å². The first-order valence-corrected chi connectivity index (χ1v) is 8.60. The average molecular weight is 383 g/mol. The maximum Gasteiger partial charge on any atom is 0.443 e. The van der Waals surface area contributed by atoms with E-state index in [0.29, 0.717) is 39.8 Å². The molecule has 0 unspecified atom stereocenters. The van der Waals surface area contributed by atoms with Crippen LogP contribution in [-0.4, -0.2) is 22.5 Å². The number of aryl methyl sites for hydroxylation is 1. The summed E-state index contributed by atoms with van der Waals surface area (Å²) in [6.45, 7) is 3.21. The van der Waals surface area contributed by atoms with Crippen LogP contribution in [0.25, 0.3) is 10.9 Å². The quantitative estimate of drug-likeness (QED) is 0.680. The molecular weight excluding hydrogens is 367 g/mol. The number of thiazole rings is 1. The standard InChI is InChI=1S/C17H16F3N3O2S/c1-9-15(26-16(22-9)17(18,19)20)5-6-25-11-3-4-13-12(7-11)14(8-21-13)23-10(2)24/h3-4,7-8,21H,5-6H2,1-2H3,(H,23,24). The molecule has 2 N–H and O–H groups in total. The van der Waals surface area contributed by atoms with Crippen molar-refractivity contribution >= 4 is 33.8 Å². The van der Waals surface area contributed by atoms with Crippen molar-refractivity contribution in [2.75, 3.05) is 11.9 Å². The number of aromatic amines is 1. The predicted octanol–water partition coefficient (Wildman–Crippen LogP) is 4.53. The lowest BCUT2D eigenvalue weighted by Crippen LogP contribution is -2.05. The van der Waals surface area contributed by atoms with Crippen molar-refractivity contribution in [1.29, 1.82) is 0 Å². The molecule has 0 aliphatic rings. The van der Waals surface area contributed by atoms with Crippen LogP contribution >= 0.6 is 11.3 Å². The van der Waals surface area contributed by atoms with E-state index in [1.807, 2.05) is 6.07 Å². The molecular formula is C17H16F3N3O2S. The first-order chi connectivity index (χ1) is 12.2. The van der Waals surface area contributed by atoms with Gasteiger partial charge in [0.15, 0.2) is 5.01 Å². The summed E-state index contributed by atoms with van der Waals surface area (Å²) in [5, 5.41) is 2.69. The van der Waals surface area contributed by atoms with Gasteiger partial charge < -0.3 is 15.0 Å². The lowest BCUT2D eigenvalue weighted by Gasteiger charge is -2.07. The fraction of sp³-hybridized carbons (Fsp3) is 0.294. The molecule has 0 radical (unpaired) electrons. The Morgan fingerprint density at radius 2 is 2.15 bits per heavy atom. The van der Waals surface area contributed by atoms with E-state index in [1.165, 1.54) is 6.92 Å². The Morgan fingerprint density at radius 1 is 1.38 bits per heavy atom. The number of carbonyl (C=O) groups is 1. The third-order valence-electron chi connectivity index (χ3n) is 3.70. The summed E-state index contributed by atoms with van der Waals surface area (Å²) in [6, 6.07) is 5.35. The second-order valence-corrected chi connectivity index (χ2v) is 6.80. The second kappa shape index (κ2) is 6.99. The molecule has 0 fully saturated rings. The summed E-state index contributed by atoms with van der Waals surface area (Å²) in [4.78, 5) is 18.4. The van der Waals surface area contributed by atoms with Gasteiger partial charge in [-0.2, -0.15) is 13.2 Å². The van der Waals surface area contributed by atoms with Crippen LogP contribution in [0.15, 0.2) is 24.4 Å². The number of fused-ring (bicyclic) bond motifs is 1. The van der Waals surface area contributed by atoms with Crippen LogP contribution in [0.2, 0.25) is 0 Å². The molecule has 9 heteroatoms. The van der Waals surface area contributed by atoms with Gasteiger partial charge in [-0.1, -0.05) is 0 Å². The number of carbonyl (C=O) groups excluding carboxylic acids is 1. The molecule has 0 spiro atoms. The number of nitrogens with one attached hydrogen (secondary N) is 2. The Morgan fingerprint density at radius 3 is 2.81 bits per heavy atom. The molecule has 1 aromatic carbocycles. The van der Waals surface area contributed by atoms with E-state index < -0.39 is 11.2 Å². The lowest BCUT2D eigenvalue weighted by molar-refractivity contribution is -0.137.